The second kappa shape index (κ2) is 9.39. The summed E-state index contributed by atoms with van der Waals surface area (Å²) in [5, 5.41) is 5.54. The largest absolute Gasteiger partial charge is 0.464 e. The van der Waals surface area contributed by atoms with E-state index in [1.807, 2.05) is 0 Å². The van der Waals surface area contributed by atoms with Crippen LogP contribution in [0.15, 0.2) is 66.8 Å². The summed E-state index contributed by atoms with van der Waals surface area (Å²) in [5.74, 6) is 0.339. The van der Waals surface area contributed by atoms with Crippen molar-refractivity contribution in [3.05, 3.63) is 80.8 Å². The first kappa shape index (κ1) is 22.6. The number of nitrogen functional groups attached to an aromatic ring is 1. The van der Waals surface area contributed by atoms with Crippen molar-refractivity contribution in [1.29, 1.82) is 0 Å². The van der Waals surface area contributed by atoms with Crippen LogP contribution in [0.5, 0.6) is 0 Å². The van der Waals surface area contributed by atoms with Gasteiger partial charge in [-0.15, -0.1) is 0 Å². The standard InChI is InChI=1S/C20H22N6O5S/c1-11(32-17(13-7-5-9-31-13)15(21)12-6-4-8-30-12)24-14(27)10-23-16-18(22)25(2)20(29)26(3)19(16)28/h4-9,23H,1,10,21-22H2,2-3H3,(H,24,27)/b17-15-. The molecule has 11 nitrogen and oxygen atoms in total. The molecule has 3 rings (SSSR count). The highest BCUT2D eigenvalue weighted by Crippen LogP contribution is 2.36. The predicted molar refractivity (Wildman–Crippen MR) is 123 cm³/mol. The molecular weight excluding hydrogens is 436 g/mol. The molecule has 0 aliphatic heterocycles. The van der Waals surface area contributed by atoms with Crippen LogP contribution in [0.25, 0.3) is 10.6 Å². The Morgan fingerprint density at radius 1 is 1.12 bits per heavy atom. The zero-order valence-corrected chi connectivity index (χ0v) is 18.2. The van der Waals surface area contributed by atoms with Crippen LogP contribution in [0, 0.1) is 0 Å². The van der Waals surface area contributed by atoms with Crippen LogP contribution in [0.4, 0.5) is 11.5 Å². The van der Waals surface area contributed by atoms with E-state index in [1.165, 1.54) is 26.6 Å². The van der Waals surface area contributed by atoms with E-state index in [4.69, 9.17) is 20.3 Å². The van der Waals surface area contributed by atoms with Gasteiger partial charge < -0.3 is 30.9 Å². The lowest BCUT2D eigenvalue weighted by Gasteiger charge is -2.14. The Balaban J connectivity index is 1.71. The number of amides is 1. The molecule has 0 bridgehead atoms. The first-order chi connectivity index (χ1) is 15.2. The van der Waals surface area contributed by atoms with Crippen molar-refractivity contribution in [1.82, 2.24) is 14.5 Å². The highest BCUT2D eigenvalue weighted by atomic mass is 32.2. The van der Waals surface area contributed by atoms with Gasteiger partial charge in [0.05, 0.1) is 34.7 Å². The number of hydrogen-bond donors (Lipinski definition) is 4. The minimum absolute atomic E-state index is 0.0544. The van der Waals surface area contributed by atoms with Crippen molar-refractivity contribution >= 4 is 39.8 Å². The molecule has 0 saturated carbocycles. The summed E-state index contributed by atoms with van der Waals surface area (Å²) >= 11 is 1.08. The molecule has 12 heteroatoms. The number of carbonyl (C=O) groups excluding carboxylic acids is 1. The van der Waals surface area contributed by atoms with E-state index >= 15 is 0 Å². The van der Waals surface area contributed by atoms with Gasteiger partial charge in [-0.2, -0.15) is 0 Å². The Bertz CT molecular complexity index is 1290. The van der Waals surface area contributed by atoms with E-state index in [2.05, 4.69) is 17.2 Å². The van der Waals surface area contributed by atoms with Crippen LogP contribution in [0.2, 0.25) is 0 Å². The molecule has 3 aromatic heterocycles. The summed E-state index contributed by atoms with van der Waals surface area (Å²) in [6.07, 6.45) is 2.99. The molecule has 0 radical (unpaired) electrons. The number of aromatic nitrogens is 2. The fraction of sp³-hybridized carbons (Fsp3) is 0.150. The number of carbonyl (C=O) groups is 1. The molecule has 0 atom stereocenters. The Hall–Kier alpha value is -4.06. The monoisotopic (exact) mass is 458 g/mol. The molecule has 0 aliphatic rings. The minimum Gasteiger partial charge on any atom is -0.464 e. The van der Waals surface area contributed by atoms with Crippen LogP contribution in [-0.2, 0) is 18.9 Å². The highest BCUT2D eigenvalue weighted by molar-refractivity contribution is 8.11. The van der Waals surface area contributed by atoms with E-state index in [1.54, 1.807) is 24.3 Å². The fourth-order valence-electron chi connectivity index (χ4n) is 2.73. The third-order valence-corrected chi connectivity index (χ3v) is 5.39. The Morgan fingerprint density at radius 3 is 2.34 bits per heavy atom. The summed E-state index contributed by atoms with van der Waals surface area (Å²) in [5.41, 5.74) is 11.1. The van der Waals surface area contributed by atoms with Gasteiger partial charge in [-0.3, -0.25) is 18.7 Å². The topological polar surface area (TPSA) is 163 Å². The summed E-state index contributed by atoms with van der Waals surface area (Å²) in [4.78, 5) is 37.1. The zero-order valence-electron chi connectivity index (χ0n) is 17.4. The zero-order chi connectivity index (χ0) is 23.4. The van der Waals surface area contributed by atoms with Gasteiger partial charge in [-0.25, -0.2) is 4.79 Å². The normalized spacial score (nSPS) is 11.7. The molecule has 3 aromatic rings. The molecule has 0 unspecified atom stereocenters. The quantitative estimate of drug-likeness (QED) is 0.386. The summed E-state index contributed by atoms with van der Waals surface area (Å²) in [7, 11) is 2.74. The fourth-order valence-corrected chi connectivity index (χ4v) is 3.57. The maximum Gasteiger partial charge on any atom is 0.332 e. The number of anilines is 2. The van der Waals surface area contributed by atoms with Crippen LogP contribution in [0.3, 0.4) is 0 Å². The minimum atomic E-state index is -0.638. The van der Waals surface area contributed by atoms with Crippen LogP contribution in [0.1, 0.15) is 11.5 Å². The SMILES string of the molecule is C=C(NC(=O)CNc1c(N)n(C)c(=O)n(C)c1=O)S/C(=C(\N)c1ccco1)c1ccco1. The third kappa shape index (κ3) is 4.64. The average Bonchev–Trinajstić information content (AvgIpc) is 3.48. The lowest BCUT2D eigenvalue weighted by molar-refractivity contribution is -0.118. The first-order valence-corrected chi connectivity index (χ1v) is 10.1. The summed E-state index contributed by atoms with van der Waals surface area (Å²) in [6.45, 7) is 3.56. The van der Waals surface area contributed by atoms with E-state index in [0.717, 1.165) is 20.9 Å². The lowest BCUT2D eigenvalue weighted by Crippen LogP contribution is -2.40. The van der Waals surface area contributed by atoms with E-state index in [-0.39, 0.29) is 23.1 Å². The molecule has 168 valence electrons. The Morgan fingerprint density at radius 2 is 1.75 bits per heavy atom. The van der Waals surface area contributed by atoms with E-state index < -0.39 is 17.2 Å². The van der Waals surface area contributed by atoms with Crippen molar-refractivity contribution in [3.63, 3.8) is 0 Å². The molecule has 6 N–H and O–H groups in total. The summed E-state index contributed by atoms with van der Waals surface area (Å²) < 4.78 is 12.8. The van der Waals surface area contributed by atoms with Gasteiger partial charge >= 0.3 is 5.69 Å². The number of nitrogens with two attached hydrogens (primary N) is 2. The molecule has 0 aliphatic carbocycles. The first-order valence-electron chi connectivity index (χ1n) is 9.24. The van der Waals surface area contributed by atoms with Crippen LogP contribution >= 0.6 is 11.8 Å². The van der Waals surface area contributed by atoms with Gasteiger partial charge in [-0.05, 0) is 24.3 Å². The molecule has 32 heavy (non-hydrogen) atoms. The van der Waals surface area contributed by atoms with Crippen molar-refractivity contribution < 1.29 is 13.6 Å². The van der Waals surface area contributed by atoms with Gasteiger partial charge in [0.15, 0.2) is 5.76 Å². The second-order valence-electron chi connectivity index (χ2n) is 6.59. The van der Waals surface area contributed by atoms with Crippen molar-refractivity contribution in [2.24, 2.45) is 19.8 Å². The maximum absolute atomic E-state index is 12.4. The maximum atomic E-state index is 12.4. The number of thioether (sulfide) groups is 1. The second-order valence-corrected chi connectivity index (χ2v) is 7.70. The average molecular weight is 459 g/mol. The van der Waals surface area contributed by atoms with Crippen molar-refractivity contribution in [2.75, 3.05) is 17.6 Å². The molecular formula is C20H22N6O5S. The lowest BCUT2D eigenvalue weighted by atomic mass is 10.3. The Labute approximate surface area is 186 Å². The molecule has 3 heterocycles. The van der Waals surface area contributed by atoms with Gasteiger partial charge in [0.2, 0.25) is 5.91 Å². The van der Waals surface area contributed by atoms with Crippen molar-refractivity contribution in [3.8, 4) is 0 Å². The number of nitrogens with zero attached hydrogens (tertiary/aromatic N) is 2. The van der Waals surface area contributed by atoms with Gasteiger partial charge in [0.25, 0.3) is 5.56 Å². The molecule has 1 amide bonds. The van der Waals surface area contributed by atoms with Gasteiger partial charge in [0, 0.05) is 14.1 Å². The van der Waals surface area contributed by atoms with Crippen LogP contribution in [-0.4, -0.2) is 21.6 Å². The molecule has 0 spiro atoms. The highest BCUT2D eigenvalue weighted by Gasteiger charge is 2.18. The molecule has 0 saturated heterocycles. The molecule has 0 aromatic carbocycles. The predicted octanol–water partition coefficient (Wildman–Crippen LogP) is 1.07. The van der Waals surface area contributed by atoms with Crippen LogP contribution < -0.4 is 33.3 Å². The smallest absolute Gasteiger partial charge is 0.332 e. The van der Waals surface area contributed by atoms with Gasteiger partial charge in [0.1, 0.15) is 17.3 Å². The number of furan rings is 2. The third-order valence-electron chi connectivity index (χ3n) is 4.42. The Kier molecular flexibility index (Phi) is 6.64. The van der Waals surface area contributed by atoms with E-state index in [9.17, 15) is 14.4 Å². The summed E-state index contributed by atoms with van der Waals surface area (Å²) in [6, 6.07) is 6.81. The van der Waals surface area contributed by atoms with E-state index in [0.29, 0.717) is 22.1 Å². The molecule has 0 fully saturated rings. The number of nitrogens with one attached hydrogen (secondary N) is 2. The van der Waals surface area contributed by atoms with Gasteiger partial charge in [-0.1, -0.05) is 18.3 Å². The number of hydrogen-bond acceptors (Lipinski definition) is 9. The van der Waals surface area contributed by atoms with Crippen molar-refractivity contribution in [2.45, 2.75) is 0 Å². The number of rotatable bonds is 8.